The Kier molecular flexibility index (Phi) is 4.35. The van der Waals surface area contributed by atoms with E-state index in [1.165, 1.54) is 4.88 Å². The van der Waals surface area contributed by atoms with Crippen molar-refractivity contribution in [3.05, 3.63) is 46.3 Å². The first kappa shape index (κ1) is 13.4. The van der Waals surface area contributed by atoms with E-state index >= 15 is 0 Å². The molecule has 0 unspecified atom stereocenters. The molecule has 0 saturated carbocycles. The Morgan fingerprint density at radius 3 is 2.89 bits per heavy atom. The van der Waals surface area contributed by atoms with Crippen molar-refractivity contribution in [3.63, 3.8) is 0 Å². The molecule has 5 nitrogen and oxygen atoms in total. The fourth-order valence-electron chi connectivity index (χ4n) is 1.67. The molecule has 2 aromatic rings. The maximum Gasteiger partial charge on any atom is 0.171 e. The van der Waals surface area contributed by atoms with Crippen LogP contribution < -0.4 is 10.6 Å². The zero-order valence-corrected chi connectivity index (χ0v) is 11.5. The van der Waals surface area contributed by atoms with Gasteiger partial charge in [-0.1, -0.05) is 11.2 Å². The topological polar surface area (TPSA) is 74.7 Å². The van der Waals surface area contributed by atoms with Gasteiger partial charge in [-0.05, 0) is 30.0 Å². The number of hydrogen-bond donors (Lipinski definition) is 2. The zero-order valence-electron chi connectivity index (χ0n) is 10.7. The average Bonchev–Trinajstić information content (AvgIpc) is 2.97. The zero-order chi connectivity index (χ0) is 13.7. The molecule has 0 saturated heterocycles. The highest BCUT2D eigenvalue weighted by Crippen LogP contribution is 2.13. The molecule has 19 heavy (non-hydrogen) atoms. The summed E-state index contributed by atoms with van der Waals surface area (Å²) in [5, 5.41) is 13.6. The lowest BCUT2D eigenvalue weighted by molar-refractivity contribution is 0.318. The highest BCUT2D eigenvalue weighted by Gasteiger charge is 2.05. The van der Waals surface area contributed by atoms with Crippen LogP contribution in [0, 0.1) is 0 Å². The van der Waals surface area contributed by atoms with Gasteiger partial charge in [-0.25, -0.2) is 4.98 Å². The molecule has 0 aromatic carbocycles. The minimum absolute atomic E-state index is 0.0697. The lowest BCUT2D eigenvalue weighted by Gasteiger charge is -2.17. The number of thiophene rings is 1. The van der Waals surface area contributed by atoms with E-state index in [-0.39, 0.29) is 5.84 Å². The molecule has 0 aliphatic heterocycles. The van der Waals surface area contributed by atoms with Crippen LogP contribution >= 0.6 is 11.3 Å². The van der Waals surface area contributed by atoms with Gasteiger partial charge in [0.25, 0.3) is 0 Å². The van der Waals surface area contributed by atoms with Crippen LogP contribution in [-0.2, 0) is 6.42 Å². The van der Waals surface area contributed by atoms with Crippen LogP contribution in [0.5, 0.6) is 0 Å². The lowest BCUT2D eigenvalue weighted by Crippen LogP contribution is -2.21. The Morgan fingerprint density at radius 2 is 2.32 bits per heavy atom. The van der Waals surface area contributed by atoms with Crippen LogP contribution in [0.25, 0.3) is 0 Å². The second-order valence-electron chi connectivity index (χ2n) is 4.14. The highest BCUT2D eigenvalue weighted by molar-refractivity contribution is 7.09. The minimum Gasteiger partial charge on any atom is -0.409 e. The number of likely N-dealkylation sites (N-methyl/N-ethyl adjacent to an activating group) is 1. The summed E-state index contributed by atoms with van der Waals surface area (Å²) in [5.74, 6) is 0.936. The first-order valence-electron chi connectivity index (χ1n) is 5.88. The van der Waals surface area contributed by atoms with Crippen molar-refractivity contribution in [2.24, 2.45) is 10.9 Å². The van der Waals surface area contributed by atoms with Crippen LogP contribution in [-0.4, -0.2) is 29.6 Å². The maximum atomic E-state index is 8.58. The number of rotatable bonds is 5. The van der Waals surface area contributed by atoms with Crippen LogP contribution in [0.1, 0.15) is 10.4 Å². The van der Waals surface area contributed by atoms with Crippen molar-refractivity contribution in [1.29, 1.82) is 0 Å². The van der Waals surface area contributed by atoms with Crippen molar-refractivity contribution in [1.82, 2.24) is 4.98 Å². The molecule has 0 amide bonds. The molecule has 0 aliphatic rings. The SMILES string of the molecule is CN(CCc1cccs1)c1ccc(C(N)=NO)cn1. The smallest absolute Gasteiger partial charge is 0.171 e. The number of nitrogens with two attached hydrogens (primary N) is 1. The van der Waals surface area contributed by atoms with E-state index in [1.54, 1.807) is 23.6 Å². The highest BCUT2D eigenvalue weighted by atomic mass is 32.1. The van der Waals surface area contributed by atoms with Gasteiger partial charge in [-0.3, -0.25) is 0 Å². The fraction of sp³-hybridized carbons (Fsp3) is 0.231. The summed E-state index contributed by atoms with van der Waals surface area (Å²) >= 11 is 1.76. The number of aromatic nitrogens is 1. The molecule has 2 heterocycles. The Hall–Kier alpha value is -2.08. The van der Waals surface area contributed by atoms with Crippen LogP contribution in [0.3, 0.4) is 0 Å². The minimum atomic E-state index is 0.0697. The Bertz CT molecular complexity index is 536. The van der Waals surface area contributed by atoms with Gasteiger partial charge in [0.05, 0.1) is 0 Å². The second-order valence-corrected chi connectivity index (χ2v) is 5.17. The van der Waals surface area contributed by atoms with Crippen LogP contribution in [0.4, 0.5) is 5.82 Å². The van der Waals surface area contributed by atoms with Crippen molar-refractivity contribution < 1.29 is 5.21 Å². The maximum absolute atomic E-state index is 8.58. The van der Waals surface area contributed by atoms with E-state index in [1.807, 2.05) is 13.1 Å². The van der Waals surface area contributed by atoms with Gasteiger partial charge in [0.1, 0.15) is 5.82 Å². The van der Waals surface area contributed by atoms with Gasteiger partial charge in [-0.15, -0.1) is 11.3 Å². The van der Waals surface area contributed by atoms with Gasteiger partial charge in [0.15, 0.2) is 5.84 Å². The number of pyridine rings is 1. The number of nitrogens with zero attached hydrogens (tertiary/aromatic N) is 3. The normalized spacial score (nSPS) is 11.5. The Morgan fingerprint density at radius 1 is 1.47 bits per heavy atom. The second kappa shape index (κ2) is 6.19. The first-order chi connectivity index (χ1) is 9.20. The fourth-order valence-corrected chi connectivity index (χ4v) is 2.37. The number of anilines is 1. The van der Waals surface area contributed by atoms with E-state index in [9.17, 15) is 0 Å². The largest absolute Gasteiger partial charge is 0.409 e. The van der Waals surface area contributed by atoms with Crippen molar-refractivity contribution >= 4 is 23.0 Å². The first-order valence-corrected chi connectivity index (χ1v) is 6.76. The molecule has 0 aliphatic carbocycles. The van der Waals surface area contributed by atoms with Crippen molar-refractivity contribution in [2.75, 3.05) is 18.5 Å². The molecule has 3 N–H and O–H groups in total. The number of amidine groups is 1. The van der Waals surface area contributed by atoms with Gasteiger partial charge in [0, 0.05) is 30.2 Å². The molecule has 100 valence electrons. The van der Waals surface area contributed by atoms with E-state index in [0.717, 1.165) is 18.8 Å². The molecular weight excluding hydrogens is 260 g/mol. The number of hydrogen-bond acceptors (Lipinski definition) is 5. The molecule has 0 bridgehead atoms. The monoisotopic (exact) mass is 276 g/mol. The Balaban J connectivity index is 1.97. The summed E-state index contributed by atoms with van der Waals surface area (Å²) in [6, 6.07) is 7.85. The average molecular weight is 276 g/mol. The third kappa shape index (κ3) is 3.45. The lowest BCUT2D eigenvalue weighted by atomic mass is 10.2. The third-order valence-corrected chi connectivity index (χ3v) is 3.75. The van der Waals surface area contributed by atoms with E-state index in [0.29, 0.717) is 5.56 Å². The summed E-state index contributed by atoms with van der Waals surface area (Å²) < 4.78 is 0. The molecule has 0 radical (unpaired) electrons. The van der Waals surface area contributed by atoms with Crippen LogP contribution in [0.2, 0.25) is 0 Å². The summed E-state index contributed by atoms with van der Waals surface area (Å²) in [5.41, 5.74) is 6.10. The predicted octanol–water partition coefficient (Wildman–Crippen LogP) is 1.92. The summed E-state index contributed by atoms with van der Waals surface area (Å²) in [7, 11) is 2.00. The number of oxime groups is 1. The molecule has 2 aromatic heterocycles. The summed E-state index contributed by atoms with van der Waals surface area (Å²) in [6.45, 7) is 0.899. The van der Waals surface area contributed by atoms with Crippen LogP contribution in [0.15, 0.2) is 41.0 Å². The summed E-state index contributed by atoms with van der Waals surface area (Å²) in [6.07, 6.45) is 2.60. The van der Waals surface area contributed by atoms with E-state index in [4.69, 9.17) is 10.9 Å². The van der Waals surface area contributed by atoms with E-state index < -0.39 is 0 Å². The molecule has 0 fully saturated rings. The van der Waals surface area contributed by atoms with Gasteiger partial charge >= 0.3 is 0 Å². The molecule has 0 spiro atoms. The molecule has 6 heteroatoms. The predicted molar refractivity (Wildman–Crippen MR) is 78.0 cm³/mol. The summed E-state index contributed by atoms with van der Waals surface area (Å²) in [4.78, 5) is 7.75. The van der Waals surface area contributed by atoms with Crippen molar-refractivity contribution in [3.8, 4) is 0 Å². The van der Waals surface area contributed by atoms with Crippen molar-refractivity contribution in [2.45, 2.75) is 6.42 Å². The van der Waals surface area contributed by atoms with E-state index in [2.05, 4.69) is 32.6 Å². The molecule has 0 atom stereocenters. The third-order valence-electron chi connectivity index (χ3n) is 2.82. The van der Waals surface area contributed by atoms with Gasteiger partial charge in [-0.2, -0.15) is 0 Å². The quantitative estimate of drug-likeness (QED) is 0.379. The standard InChI is InChI=1S/C13H16N4OS/c1-17(7-6-11-3-2-8-19-11)12-5-4-10(9-15-12)13(14)16-18/h2-5,8-9,18H,6-7H2,1H3,(H2,14,16). The van der Waals surface area contributed by atoms with Gasteiger partial charge in [0.2, 0.25) is 0 Å². The molecular formula is C13H16N4OS. The Labute approximate surface area is 116 Å². The molecule has 2 rings (SSSR count). The van der Waals surface area contributed by atoms with Gasteiger partial charge < -0.3 is 15.8 Å².